The largest absolute Gasteiger partial charge is 0.411 e. The van der Waals surface area contributed by atoms with E-state index < -0.39 is 0 Å². The summed E-state index contributed by atoms with van der Waals surface area (Å²) in [6, 6.07) is 10.6. The lowest BCUT2D eigenvalue weighted by atomic mass is 10.0. The van der Waals surface area contributed by atoms with Crippen LogP contribution in [0.15, 0.2) is 40.0 Å². The Morgan fingerprint density at radius 1 is 1.24 bits per heavy atom. The Kier molecular flexibility index (Phi) is 4.93. The number of hydrogen-bond acceptors (Lipinski definition) is 5. The van der Waals surface area contributed by atoms with Gasteiger partial charge in [-0.2, -0.15) is 0 Å². The van der Waals surface area contributed by atoms with E-state index in [1.165, 1.54) is 32.2 Å². The molecule has 1 atom stereocenters. The zero-order chi connectivity index (χ0) is 14.5. The van der Waals surface area contributed by atoms with E-state index in [9.17, 15) is 0 Å². The highest BCUT2D eigenvalue weighted by Gasteiger charge is 2.18. The number of aromatic nitrogens is 2. The van der Waals surface area contributed by atoms with E-state index in [4.69, 9.17) is 4.42 Å². The fraction of sp³-hybridized carbons (Fsp3) is 0.500. The molecule has 0 N–H and O–H groups in total. The van der Waals surface area contributed by atoms with Crippen LogP contribution in [0.25, 0.3) is 11.5 Å². The Hall–Kier alpha value is -1.33. The summed E-state index contributed by atoms with van der Waals surface area (Å²) in [7, 11) is 2.23. The molecular formula is C16H21N3OS. The second-order valence-electron chi connectivity index (χ2n) is 5.51. The monoisotopic (exact) mass is 303 g/mol. The van der Waals surface area contributed by atoms with Gasteiger partial charge in [-0.25, -0.2) is 0 Å². The van der Waals surface area contributed by atoms with Crippen LogP contribution in [0, 0.1) is 0 Å². The number of hydrogen-bond donors (Lipinski definition) is 0. The van der Waals surface area contributed by atoms with Gasteiger partial charge in [0.15, 0.2) is 0 Å². The van der Waals surface area contributed by atoms with Crippen LogP contribution >= 0.6 is 11.8 Å². The zero-order valence-corrected chi connectivity index (χ0v) is 13.2. The molecular weight excluding hydrogens is 282 g/mol. The Morgan fingerprint density at radius 2 is 2.10 bits per heavy atom. The van der Waals surface area contributed by atoms with Gasteiger partial charge >= 0.3 is 0 Å². The lowest BCUT2D eigenvalue weighted by Gasteiger charge is -2.32. The van der Waals surface area contributed by atoms with Gasteiger partial charge in [0.2, 0.25) is 5.89 Å². The first-order chi connectivity index (χ1) is 10.3. The number of benzene rings is 1. The first-order valence-electron chi connectivity index (χ1n) is 7.55. The maximum atomic E-state index is 5.71. The summed E-state index contributed by atoms with van der Waals surface area (Å²) in [5.74, 6) is 1.64. The Labute approximate surface area is 129 Å². The molecule has 112 valence electrons. The molecule has 0 aliphatic carbocycles. The van der Waals surface area contributed by atoms with Crippen molar-refractivity contribution in [3.8, 4) is 11.5 Å². The van der Waals surface area contributed by atoms with Gasteiger partial charge in [0.25, 0.3) is 5.22 Å². The molecule has 0 bridgehead atoms. The van der Waals surface area contributed by atoms with Crippen molar-refractivity contribution in [2.75, 3.05) is 19.3 Å². The molecule has 0 amide bonds. The number of piperidine rings is 1. The Morgan fingerprint density at radius 3 is 2.90 bits per heavy atom. The molecule has 21 heavy (non-hydrogen) atoms. The number of thioether (sulfide) groups is 1. The minimum atomic E-state index is 0.605. The molecule has 0 spiro atoms. The third kappa shape index (κ3) is 3.86. The lowest BCUT2D eigenvalue weighted by molar-refractivity contribution is 0.182. The molecule has 1 unspecified atom stereocenters. The summed E-state index contributed by atoms with van der Waals surface area (Å²) in [6.45, 7) is 1.23. The first-order valence-corrected chi connectivity index (χ1v) is 8.53. The normalized spacial score (nSPS) is 19.8. The van der Waals surface area contributed by atoms with Crippen molar-refractivity contribution in [3.05, 3.63) is 30.3 Å². The van der Waals surface area contributed by atoms with E-state index in [0.717, 1.165) is 11.3 Å². The summed E-state index contributed by atoms with van der Waals surface area (Å²) < 4.78 is 5.71. The summed E-state index contributed by atoms with van der Waals surface area (Å²) in [6.07, 6.45) is 5.20. The van der Waals surface area contributed by atoms with Crippen molar-refractivity contribution in [1.29, 1.82) is 0 Å². The summed E-state index contributed by atoms with van der Waals surface area (Å²) in [5.41, 5.74) is 0.976. The van der Waals surface area contributed by atoms with Crippen LogP contribution < -0.4 is 0 Å². The molecule has 1 saturated heterocycles. The zero-order valence-electron chi connectivity index (χ0n) is 12.4. The molecule has 2 aromatic rings. The van der Waals surface area contributed by atoms with E-state index in [-0.39, 0.29) is 0 Å². The lowest BCUT2D eigenvalue weighted by Crippen LogP contribution is -2.36. The van der Waals surface area contributed by atoms with E-state index >= 15 is 0 Å². The molecule has 3 rings (SSSR count). The molecule has 1 aliphatic heterocycles. The summed E-state index contributed by atoms with van der Waals surface area (Å²) in [5, 5.41) is 8.92. The van der Waals surface area contributed by atoms with Crippen LogP contribution in [0.1, 0.15) is 25.7 Å². The molecule has 0 radical (unpaired) electrons. The Bertz CT molecular complexity index is 558. The summed E-state index contributed by atoms with van der Waals surface area (Å²) >= 11 is 1.66. The van der Waals surface area contributed by atoms with Gasteiger partial charge in [0, 0.05) is 17.4 Å². The minimum absolute atomic E-state index is 0.605. The molecule has 0 saturated carbocycles. The molecule has 5 heteroatoms. The predicted molar refractivity (Wildman–Crippen MR) is 85.3 cm³/mol. The number of likely N-dealkylation sites (tertiary alicyclic amines) is 1. The fourth-order valence-corrected chi connectivity index (χ4v) is 3.56. The summed E-state index contributed by atoms with van der Waals surface area (Å²) in [4.78, 5) is 2.48. The maximum Gasteiger partial charge on any atom is 0.276 e. The highest BCUT2D eigenvalue weighted by atomic mass is 32.2. The van der Waals surface area contributed by atoms with E-state index in [1.54, 1.807) is 11.8 Å². The minimum Gasteiger partial charge on any atom is -0.411 e. The van der Waals surface area contributed by atoms with Crippen LogP contribution in [-0.2, 0) is 0 Å². The second kappa shape index (κ2) is 7.09. The van der Waals surface area contributed by atoms with Gasteiger partial charge in [0.1, 0.15) is 0 Å². The number of nitrogens with zero attached hydrogens (tertiary/aromatic N) is 3. The van der Waals surface area contributed by atoms with Crippen molar-refractivity contribution in [1.82, 2.24) is 15.1 Å². The molecule has 1 aliphatic rings. The van der Waals surface area contributed by atoms with Gasteiger partial charge in [-0.15, -0.1) is 10.2 Å². The van der Waals surface area contributed by atoms with Crippen molar-refractivity contribution in [3.63, 3.8) is 0 Å². The van der Waals surface area contributed by atoms with Crippen LogP contribution in [-0.4, -0.2) is 40.5 Å². The van der Waals surface area contributed by atoms with E-state index in [1.807, 2.05) is 30.3 Å². The van der Waals surface area contributed by atoms with E-state index in [2.05, 4.69) is 22.1 Å². The number of rotatable bonds is 5. The van der Waals surface area contributed by atoms with Crippen LogP contribution in [0.5, 0.6) is 0 Å². The highest BCUT2D eigenvalue weighted by molar-refractivity contribution is 7.99. The molecule has 1 fully saturated rings. The SMILES string of the molecule is CN1CCCCC1CCSc1nnc(-c2ccccc2)o1. The topological polar surface area (TPSA) is 42.2 Å². The third-order valence-electron chi connectivity index (χ3n) is 4.03. The van der Waals surface area contributed by atoms with Crippen molar-refractivity contribution < 1.29 is 4.42 Å². The predicted octanol–water partition coefficient (Wildman–Crippen LogP) is 3.70. The van der Waals surface area contributed by atoms with E-state index in [0.29, 0.717) is 17.2 Å². The quantitative estimate of drug-likeness (QED) is 0.788. The highest BCUT2D eigenvalue weighted by Crippen LogP contribution is 2.25. The average Bonchev–Trinajstić information content (AvgIpc) is 2.99. The van der Waals surface area contributed by atoms with Crippen molar-refractivity contribution in [2.45, 2.75) is 36.9 Å². The standard InChI is InChI=1S/C16H21N3OS/c1-19-11-6-5-9-14(19)10-12-21-16-18-17-15(20-16)13-7-3-2-4-8-13/h2-4,7-8,14H,5-6,9-12H2,1H3. The van der Waals surface area contributed by atoms with Gasteiger partial charge in [0.05, 0.1) is 0 Å². The second-order valence-corrected chi connectivity index (χ2v) is 6.55. The average molecular weight is 303 g/mol. The smallest absolute Gasteiger partial charge is 0.276 e. The van der Waals surface area contributed by atoms with Crippen LogP contribution in [0.2, 0.25) is 0 Å². The Balaban J connectivity index is 1.51. The van der Waals surface area contributed by atoms with Crippen LogP contribution in [0.3, 0.4) is 0 Å². The van der Waals surface area contributed by atoms with Crippen molar-refractivity contribution >= 4 is 11.8 Å². The fourth-order valence-electron chi connectivity index (χ4n) is 2.76. The van der Waals surface area contributed by atoms with Crippen LogP contribution in [0.4, 0.5) is 0 Å². The molecule has 1 aromatic heterocycles. The van der Waals surface area contributed by atoms with Gasteiger partial charge < -0.3 is 9.32 Å². The third-order valence-corrected chi connectivity index (χ3v) is 4.88. The molecule has 1 aromatic carbocycles. The molecule has 4 nitrogen and oxygen atoms in total. The van der Waals surface area contributed by atoms with Gasteiger partial charge in [-0.05, 0) is 45.0 Å². The maximum absolute atomic E-state index is 5.71. The first kappa shape index (κ1) is 14.6. The van der Waals surface area contributed by atoms with Crippen molar-refractivity contribution in [2.24, 2.45) is 0 Å². The van der Waals surface area contributed by atoms with Gasteiger partial charge in [-0.1, -0.05) is 36.4 Å². The van der Waals surface area contributed by atoms with Gasteiger partial charge in [-0.3, -0.25) is 0 Å². The molecule has 2 heterocycles.